The summed E-state index contributed by atoms with van der Waals surface area (Å²) in [6.07, 6.45) is 2.98. The normalized spacial score (nSPS) is 16.0. The minimum absolute atomic E-state index is 0. The highest BCUT2D eigenvalue weighted by molar-refractivity contribution is 14.0. The Kier molecular flexibility index (Phi) is 10.3. The number of aryl methyl sites for hydroxylation is 1. The summed E-state index contributed by atoms with van der Waals surface area (Å²) >= 11 is 0. The number of hydrogen-bond donors (Lipinski definition) is 2. The molecule has 2 N–H and O–H groups in total. The van der Waals surface area contributed by atoms with Crippen molar-refractivity contribution in [2.45, 2.75) is 52.5 Å². The zero-order valence-electron chi connectivity index (χ0n) is 18.7. The molecule has 0 radical (unpaired) electrons. The van der Waals surface area contributed by atoms with Gasteiger partial charge in [-0.1, -0.05) is 18.2 Å². The highest BCUT2D eigenvalue weighted by Gasteiger charge is 2.18. The largest absolute Gasteiger partial charge is 0.488 e. The van der Waals surface area contributed by atoms with Gasteiger partial charge in [-0.3, -0.25) is 4.99 Å². The van der Waals surface area contributed by atoms with E-state index in [0.29, 0.717) is 31.5 Å². The van der Waals surface area contributed by atoms with E-state index in [2.05, 4.69) is 45.7 Å². The van der Waals surface area contributed by atoms with Crippen LogP contribution in [-0.4, -0.2) is 43.4 Å². The van der Waals surface area contributed by atoms with Crippen molar-refractivity contribution in [1.82, 2.24) is 15.6 Å². The van der Waals surface area contributed by atoms with E-state index in [9.17, 15) is 0 Å². The van der Waals surface area contributed by atoms with Gasteiger partial charge in [-0.15, -0.1) is 24.0 Å². The average Bonchev–Trinajstić information content (AvgIpc) is 3.23. The zero-order valence-corrected chi connectivity index (χ0v) is 21.0. The summed E-state index contributed by atoms with van der Waals surface area (Å²) in [5.41, 5.74) is 3.31. The lowest BCUT2D eigenvalue weighted by Gasteiger charge is -2.18. The number of aliphatic imine (C=N–C) groups is 1. The number of hydrogen-bond acceptors (Lipinski definition) is 5. The lowest BCUT2D eigenvalue weighted by Crippen LogP contribution is -2.36. The summed E-state index contributed by atoms with van der Waals surface area (Å²) in [7, 11) is 1.76. The van der Waals surface area contributed by atoms with Gasteiger partial charge in [-0.05, 0) is 38.0 Å². The number of halogens is 1. The molecular weight excluding hydrogens is 507 g/mol. The highest BCUT2D eigenvalue weighted by Crippen LogP contribution is 2.23. The maximum atomic E-state index is 6.18. The first kappa shape index (κ1) is 25.2. The van der Waals surface area contributed by atoms with Gasteiger partial charge in [0.15, 0.2) is 5.96 Å². The Morgan fingerprint density at radius 3 is 2.68 bits per heavy atom. The molecule has 1 aliphatic heterocycles. The average molecular weight is 540 g/mol. The lowest BCUT2D eigenvalue weighted by molar-refractivity contribution is 0.140. The third-order valence-corrected chi connectivity index (χ3v) is 4.69. The summed E-state index contributed by atoms with van der Waals surface area (Å²) in [5.74, 6) is 2.25. The summed E-state index contributed by atoms with van der Waals surface area (Å²) in [4.78, 5) is 8.65. The molecule has 3 rings (SSSR count). The van der Waals surface area contributed by atoms with Crippen LogP contribution in [0.2, 0.25) is 0 Å². The van der Waals surface area contributed by atoms with E-state index in [0.717, 1.165) is 29.9 Å². The van der Waals surface area contributed by atoms with Crippen LogP contribution in [0.25, 0.3) is 0 Å². The second-order valence-corrected chi connectivity index (χ2v) is 7.67. The monoisotopic (exact) mass is 540 g/mol. The number of aromatic nitrogens is 1. The van der Waals surface area contributed by atoms with Crippen LogP contribution in [-0.2, 0) is 17.8 Å². The molecule has 1 unspecified atom stereocenters. The maximum absolute atomic E-state index is 6.18. The number of nitrogens with zero attached hydrogens (tertiary/aromatic N) is 2. The van der Waals surface area contributed by atoms with Crippen LogP contribution in [0, 0.1) is 6.92 Å². The summed E-state index contributed by atoms with van der Waals surface area (Å²) in [5, 5.41) is 6.68. The minimum atomic E-state index is 0. The maximum Gasteiger partial charge on any atom is 0.213 e. The molecule has 0 aliphatic carbocycles. The van der Waals surface area contributed by atoms with E-state index < -0.39 is 0 Å². The Hall–Kier alpha value is -2.07. The van der Waals surface area contributed by atoms with E-state index in [1.165, 1.54) is 5.56 Å². The molecule has 0 bridgehead atoms. The van der Waals surface area contributed by atoms with Crippen LogP contribution in [0.5, 0.6) is 11.6 Å². The van der Waals surface area contributed by atoms with Crippen molar-refractivity contribution in [3.63, 3.8) is 0 Å². The smallest absolute Gasteiger partial charge is 0.213 e. The fourth-order valence-corrected chi connectivity index (χ4v) is 3.11. The van der Waals surface area contributed by atoms with Crippen LogP contribution in [0.3, 0.4) is 0 Å². The first-order valence-corrected chi connectivity index (χ1v) is 10.4. The van der Waals surface area contributed by atoms with Crippen molar-refractivity contribution in [3.05, 3.63) is 53.2 Å². The SMILES string of the molecule is CN=C(NCc1ccc(OC(C)C)nc1)NCc1ccc(C)cc1OC1CCOC1.I. The molecule has 2 heterocycles. The first-order valence-electron chi connectivity index (χ1n) is 10.4. The van der Waals surface area contributed by atoms with E-state index in [1.807, 2.05) is 32.2 Å². The fraction of sp³-hybridized carbons (Fsp3) is 0.478. The molecule has 7 nitrogen and oxygen atoms in total. The van der Waals surface area contributed by atoms with Gasteiger partial charge in [-0.2, -0.15) is 0 Å². The van der Waals surface area contributed by atoms with Crippen LogP contribution in [0.1, 0.15) is 37.0 Å². The number of pyridine rings is 1. The molecule has 0 spiro atoms. The number of ether oxygens (including phenoxy) is 3. The van der Waals surface area contributed by atoms with Gasteiger partial charge in [-0.25, -0.2) is 4.98 Å². The van der Waals surface area contributed by atoms with Crippen LogP contribution in [0.4, 0.5) is 0 Å². The quantitative estimate of drug-likeness (QED) is 0.301. The number of nitrogens with one attached hydrogen (secondary N) is 2. The van der Waals surface area contributed by atoms with E-state index in [-0.39, 0.29) is 36.2 Å². The molecule has 1 aromatic heterocycles. The van der Waals surface area contributed by atoms with Gasteiger partial charge in [0.25, 0.3) is 0 Å². The zero-order chi connectivity index (χ0) is 21.3. The van der Waals surface area contributed by atoms with E-state index >= 15 is 0 Å². The highest BCUT2D eigenvalue weighted by atomic mass is 127. The van der Waals surface area contributed by atoms with Crippen molar-refractivity contribution >= 4 is 29.9 Å². The van der Waals surface area contributed by atoms with Gasteiger partial charge < -0.3 is 24.8 Å². The van der Waals surface area contributed by atoms with Crippen LogP contribution < -0.4 is 20.1 Å². The topological polar surface area (TPSA) is 77.0 Å². The number of benzene rings is 1. The molecular formula is C23H33IN4O3. The van der Waals surface area contributed by atoms with Gasteiger partial charge in [0.2, 0.25) is 5.88 Å². The molecule has 0 amide bonds. The first-order chi connectivity index (χ1) is 14.5. The van der Waals surface area contributed by atoms with Crippen LogP contribution in [0.15, 0.2) is 41.5 Å². The molecule has 1 atom stereocenters. The fourth-order valence-electron chi connectivity index (χ4n) is 3.11. The summed E-state index contributed by atoms with van der Waals surface area (Å²) in [6, 6.07) is 10.2. The van der Waals surface area contributed by atoms with E-state index in [4.69, 9.17) is 14.2 Å². The Balaban J connectivity index is 0.00000341. The molecule has 1 saturated heterocycles. The summed E-state index contributed by atoms with van der Waals surface area (Å²) in [6.45, 7) is 8.69. The van der Waals surface area contributed by atoms with Crippen molar-refractivity contribution in [3.8, 4) is 11.6 Å². The molecule has 1 aromatic carbocycles. The summed E-state index contributed by atoms with van der Waals surface area (Å²) < 4.78 is 17.2. The molecule has 0 saturated carbocycles. The van der Waals surface area contributed by atoms with Gasteiger partial charge in [0.1, 0.15) is 11.9 Å². The van der Waals surface area contributed by atoms with Crippen LogP contribution >= 0.6 is 24.0 Å². The molecule has 1 aliphatic rings. The second-order valence-electron chi connectivity index (χ2n) is 7.67. The second kappa shape index (κ2) is 12.7. The molecule has 170 valence electrons. The predicted molar refractivity (Wildman–Crippen MR) is 133 cm³/mol. The Labute approximate surface area is 202 Å². The standard InChI is InChI=1S/C23H32N4O3.HI/c1-16(2)29-22-8-6-18(12-25-22)13-26-23(24-4)27-14-19-7-5-17(3)11-21(19)30-20-9-10-28-15-20;/h5-8,11-12,16,20H,9-10,13-15H2,1-4H3,(H2,24,26,27);1H. The van der Waals surface area contributed by atoms with Crippen molar-refractivity contribution < 1.29 is 14.2 Å². The number of rotatable bonds is 8. The van der Waals surface area contributed by atoms with E-state index in [1.54, 1.807) is 7.05 Å². The van der Waals surface area contributed by atoms with Crippen molar-refractivity contribution in [2.75, 3.05) is 20.3 Å². The predicted octanol–water partition coefficient (Wildman–Crippen LogP) is 3.83. The molecule has 8 heteroatoms. The third-order valence-electron chi connectivity index (χ3n) is 4.69. The van der Waals surface area contributed by atoms with Gasteiger partial charge in [0, 0.05) is 44.4 Å². The number of guanidine groups is 1. The molecule has 2 aromatic rings. The van der Waals surface area contributed by atoms with Crippen molar-refractivity contribution in [2.24, 2.45) is 4.99 Å². The van der Waals surface area contributed by atoms with Gasteiger partial charge in [0.05, 0.1) is 19.3 Å². The lowest BCUT2D eigenvalue weighted by atomic mass is 10.1. The Morgan fingerprint density at radius 2 is 2.03 bits per heavy atom. The molecule has 1 fully saturated rings. The molecule has 31 heavy (non-hydrogen) atoms. The Bertz CT molecular complexity index is 837. The van der Waals surface area contributed by atoms with Crippen molar-refractivity contribution in [1.29, 1.82) is 0 Å². The third kappa shape index (κ3) is 8.17. The van der Waals surface area contributed by atoms with Gasteiger partial charge >= 0.3 is 0 Å². The Morgan fingerprint density at radius 1 is 1.23 bits per heavy atom. The minimum Gasteiger partial charge on any atom is -0.488 e.